The van der Waals surface area contributed by atoms with Crippen molar-refractivity contribution in [1.29, 1.82) is 0 Å². The Balaban J connectivity index is 2.11. The Hall–Kier alpha value is -1.68. The lowest BCUT2D eigenvalue weighted by Gasteiger charge is -2.00. The fraction of sp³-hybridized carbons (Fsp3) is 0.0909. The highest BCUT2D eigenvalue weighted by molar-refractivity contribution is 7.09. The maximum Gasteiger partial charge on any atom is 0.256 e. The second kappa shape index (κ2) is 4.23. The summed E-state index contributed by atoms with van der Waals surface area (Å²) in [6.45, 7) is 1.91. The molecule has 15 heavy (non-hydrogen) atoms. The van der Waals surface area contributed by atoms with Gasteiger partial charge in [-0.05, 0) is 19.1 Å². The van der Waals surface area contributed by atoms with E-state index in [4.69, 9.17) is 0 Å². The number of amides is 1. The molecule has 1 amide bonds. The van der Waals surface area contributed by atoms with Crippen LogP contribution in [0.5, 0.6) is 0 Å². The van der Waals surface area contributed by atoms with Crippen LogP contribution in [0.15, 0.2) is 35.7 Å². The average molecular weight is 218 g/mol. The van der Waals surface area contributed by atoms with Crippen LogP contribution in [-0.2, 0) is 0 Å². The number of anilines is 1. The third-order valence-electron chi connectivity index (χ3n) is 1.90. The topological polar surface area (TPSA) is 42.0 Å². The van der Waals surface area contributed by atoms with Crippen LogP contribution in [0.4, 0.5) is 5.82 Å². The Labute approximate surface area is 91.8 Å². The Morgan fingerprint density at radius 3 is 2.67 bits per heavy atom. The first-order valence-corrected chi connectivity index (χ1v) is 5.42. The Bertz CT molecular complexity index is 464. The van der Waals surface area contributed by atoms with Crippen molar-refractivity contribution in [1.82, 2.24) is 4.98 Å². The van der Waals surface area contributed by atoms with E-state index in [9.17, 15) is 4.79 Å². The van der Waals surface area contributed by atoms with Gasteiger partial charge in [0.15, 0.2) is 0 Å². The zero-order valence-electron chi connectivity index (χ0n) is 8.23. The molecule has 0 spiro atoms. The van der Waals surface area contributed by atoms with E-state index in [-0.39, 0.29) is 5.91 Å². The summed E-state index contributed by atoms with van der Waals surface area (Å²) in [6.07, 6.45) is 0. The van der Waals surface area contributed by atoms with E-state index in [1.54, 1.807) is 12.1 Å². The van der Waals surface area contributed by atoms with Gasteiger partial charge in [0.2, 0.25) is 0 Å². The number of hydrogen-bond donors (Lipinski definition) is 1. The van der Waals surface area contributed by atoms with E-state index >= 15 is 0 Å². The van der Waals surface area contributed by atoms with Crippen LogP contribution in [0, 0.1) is 6.92 Å². The van der Waals surface area contributed by atoms with E-state index in [0.717, 1.165) is 5.01 Å². The van der Waals surface area contributed by atoms with Crippen molar-refractivity contribution in [3.63, 3.8) is 0 Å². The van der Waals surface area contributed by atoms with E-state index in [1.165, 1.54) is 11.3 Å². The number of carbonyl (C=O) groups is 1. The maximum absolute atomic E-state index is 11.7. The van der Waals surface area contributed by atoms with Crippen LogP contribution >= 0.6 is 11.3 Å². The lowest BCUT2D eigenvalue weighted by Crippen LogP contribution is -2.11. The Morgan fingerprint density at radius 2 is 2.07 bits per heavy atom. The van der Waals surface area contributed by atoms with Crippen LogP contribution < -0.4 is 5.32 Å². The predicted octanol–water partition coefficient (Wildman–Crippen LogP) is 2.70. The number of thiazole rings is 1. The first-order valence-electron chi connectivity index (χ1n) is 4.54. The largest absolute Gasteiger partial charge is 0.306 e. The van der Waals surface area contributed by atoms with E-state index < -0.39 is 0 Å². The molecule has 0 fully saturated rings. The van der Waals surface area contributed by atoms with Gasteiger partial charge in [-0.25, -0.2) is 4.98 Å². The zero-order chi connectivity index (χ0) is 10.7. The molecule has 0 aliphatic heterocycles. The first-order chi connectivity index (χ1) is 7.25. The summed E-state index contributed by atoms with van der Waals surface area (Å²) in [7, 11) is 0. The summed E-state index contributed by atoms with van der Waals surface area (Å²) >= 11 is 1.52. The second-order valence-corrected chi connectivity index (χ2v) is 4.13. The lowest BCUT2D eigenvalue weighted by atomic mass is 10.2. The summed E-state index contributed by atoms with van der Waals surface area (Å²) < 4.78 is 0. The maximum atomic E-state index is 11.7. The van der Waals surface area contributed by atoms with Crippen LogP contribution in [0.25, 0.3) is 0 Å². The van der Waals surface area contributed by atoms with Crippen molar-refractivity contribution in [3.05, 3.63) is 46.3 Å². The van der Waals surface area contributed by atoms with Crippen molar-refractivity contribution in [2.24, 2.45) is 0 Å². The standard InChI is InChI=1S/C11H10N2OS/c1-8-12-10(7-15-8)13-11(14)9-5-3-2-4-6-9/h2-7H,1H3,(H,13,14). The number of hydrogen-bond acceptors (Lipinski definition) is 3. The molecule has 76 valence electrons. The van der Waals surface area contributed by atoms with Gasteiger partial charge < -0.3 is 5.32 Å². The highest BCUT2D eigenvalue weighted by Crippen LogP contribution is 2.13. The molecule has 4 heteroatoms. The van der Waals surface area contributed by atoms with E-state index in [1.807, 2.05) is 30.5 Å². The van der Waals surface area contributed by atoms with Crippen molar-refractivity contribution >= 4 is 23.1 Å². The monoisotopic (exact) mass is 218 g/mol. The molecule has 2 aromatic rings. The minimum atomic E-state index is -0.124. The van der Waals surface area contributed by atoms with Gasteiger partial charge >= 0.3 is 0 Å². The molecule has 0 saturated heterocycles. The zero-order valence-corrected chi connectivity index (χ0v) is 9.04. The van der Waals surface area contributed by atoms with Crippen molar-refractivity contribution in [2.45, 2.75) is 6.92 Å². The lowest BCUT2D eigenvalue weighted by molar-refractivity contribution is 0.102. The summed E-state index contributed by atoms with van der Waals surface area (Å²) in [5.74, 6) is 0.493. The molecule has 0 radical (unpaired) electrons. The molecular formula is C11H10N2OS. The van der Waals surface area contributed by atoms with Gasteiger partial charge in [0.1, 0.15) is 5.82 Å². The third kappa shape index (κ3) is 2.41. The van der Waals surface area contributed by atoms with Gasteiger partial charge in [-0.2, -0.15) is 0 Å². The van der Waals surface area contributed by atoms with Crippen LogP contribution in [0.2, 0.25) is 0 Å². The van der Waals surface area contributed by atoms with Crippen molar-refractivity contribution in [3.8, 4) is 0 Å². The number of aryl methyl sites for hydroxylation is 1. The fourth-order valence-corrected chi connectivity index (χ4v) is 1.74. The van der Waals surface area contributed by atoms with Gasteiger partial charge in [0, 0.05) is 10.9 Å². The van der Waals surface area contributed by atoms with Crippen molar-refractivity contribution in [2.75, 3.05) is 5.32 Å². The minimum absolute atomic E-state index is 0.124. The average Bonchev–Trinajstić information content (AvgIpc) is 2.65. The van der Waals surface area contributed by atoms with Crippen molar-refractivity contribution < 1.29 is 4.79 Å². The van der Waals surface area contributed by atoms with Gasteiger partial charge in [0.05, 0.1) is 5.01 Å². The predicted molar refractivity (Wildman–Crippen MR) is 61.2 cm³/mol. The Morgan fingerprint density at radius 1 is 1.33 bits per heavy atom. The summed E-state index contributed by atoms with van der Waals surface area (Å²) in [6, 6.07) is 9.09. The molecule has 0 unspecified atom stereocenters. The minimum Gasteiger partial charge on any atom is -0.306 e. The molecule has 1 heterocycles. The molecule has 0 saturated carbocycles. The molecule has 2 rings (SSSR count). The molecule has 1 aromatic heterocycles. The SMILES string of the molecule is Cc1nc(NC(=O)c2ccccc2)cs1. The quantitative estimate of drug-likeness (QED) is 0.842. The van der Waals surface area contributed by atoms with Crippen LogP contribution in [0.1, 0.15) is 15.4 Å². The number of benzene rings is 1. The van der Waals surface area contributed by atoms with Gasteiger partial charge in [-0.1, -0.05) is 18.2 Å². The normalized spacial score (nSPS) is 9.93. The highest BCUT2D eigenvalue weighted by atomic mass is 32.1. The van der Waals surface area contributed by atoms with Crippen LogP contribution in [0.3, 0.4) is 0 Å². The second-order valence-electron chi connectivity index (χ2n) is 3.07. The summed E-state index contributed by atoms with van der Waals surface area (Å²) in [4.78, 5) is 15.8. The number of aromatic nitrogens is 1. The third-order valence-corrected chi connectivity index (χ3v) is 2.67. The fourth-order valence-electron chi connectivity index (χ4n) is 1.20. The van der Waals surface area contributed by atoms with Gasteiger partial charge in [-0.3, -0.25) is 4.79 Å². The van der Waals surface area contributed by atoms with Crippen LogP contribution in [-0.4, -0.2) is 10.9 Å². The number of rotatable bonds is 2. The molecule has 0 bridgehead atoms. The smallest absolute Gasteiger partial charge is 0.256 e. The van der Waals surface area contributed by atoms with E-state index in [2.05, 4.69) is 10.3 Å². The molecule has 3 nitrogen and oxygen atoms in total. The molecule has 0 atom stereocenters. The Kier molecular flexibility index (Phi) is 2.78. The molecule has 0 aliphatic rings. The molecular weight excluding hydrogens is 208 g/mol. The number of nitrogens with zero attached hydrogens (tertiary/aromatic N) is 1. The van der Waals surface area contributed by atoms with Gasteiger partial charge in [-0.15, -0.1) is 11.3 Å². The molecule has 1 aromatic carbocycles. The summed E-state index contributed by atoms with van der Waals surface area (Å²) in [5.41, 5.74) is 0.642. The van der Waals surface area contributed by atoms with E-state index in [0.29, 0.717) is 11.4 Å². The molecule has 1 N–H and O–H groups in total. The number of nitrogens with one attached hydrogen (secondary N) is 1. The molecule has 0 aliphatic carbocycles. The van der Waals surface area contributed by atoms with Gasteiger partial charge in [0.25, 0.3) is 5.91 Å². The number of carbonyl (C=O) groups excluding carboxylic acids is 1. The highest BCUT2D eigenvalue weighted by Gasteiger charge is 2.06. The summed E-state index contributed by atoms with van der Waals surface area (Å²) in [5, 5.41) is 5.51. The first kappa shape index (κ1) is 9.86.